The van der Waals surface area contributed by atoms with Crippen molar-refractivity contribution in [2.24, 2.45) is 17.8 Å². The molecule has 540 valence electrons. The number of hydrogen-bond donors (Lipinski definition) is 3. The highest BCUT2D eigenvalue weighted by molar-refractivity contribution is 7.47. The minimum Gasteiger partial charge on any atom is -0.462 e. The van der Waals surface area contributed by atoms with Crippen molar-refractivity contribution in [2.45, 2.75) is 381 Å². The summed E-state index contributed by atoms with van der Waals surface area (Å²) < 4.78 is 68.4. The summed E-state index contributed by atoms with van der Waals surface area (Å²) in [5.74, 6) is 0.0990. The van der Waals surface area contributed by atoms with Gasteiger partial charge in [-0.15, -0.1) is 0 Å². The molecule has 0 fully saturated rings. The van der Waals surface area contributed by atoms with E-state index in [9.17, 15) is 43.2 Å². The van der Waals surface area contributed by atoms with Crippen molar-refractivity contribution in [1.82, 2.24) is 0 Å². The minimum atomic E-state index is -4.95. The molecule has 0 aliphatic heterocycles. The van der Waals surface area contributed by atoms with Gasteiger partial charge in [0.05, 0.1) is 26.4 Å². The number of unbranched alkanes of at least 4 members (excludes halogenated alkanes) is 38. The summed E-state index contributed by atoms with van der Waals surface area (Å²) in [7, 11) is -9.91. The lowest BCUT2D eigenvalue weighted by atomic mass is 10.0. The van der Waals surface area contributed by atoms with Crippen LogP contribution in [0.4, 0.5) is 0 Å². The molecule has 0 radical (unpaired) electrons. The van der Waals surface area contributed by atoms with Gasteiger partial charge in [-0.3, -0.25) is 37.3 Å². The van der Waals surface area contributed by atoms with E-state index in [-0.39, 0.29) is 25.7 Å². The Hall–Kier alpha value is -1.94. The molecule has 0 aliphatic rings. The second-order valence-electron chi connectivity index (χ2n) is 27.4. The molecule has 0 amide bonds. The summed E-state index contributed by atoms with van der Waals surface area (Å²) >= 11 is 0. The molecule has 19 heteroatoms. The quantitative estimate of drug-likeness (QED) is 0.0222. The molecule has 0 aromatic rings. The topological polar surface area (TPSA) is 237 Å². The van der Waals surface area contributed by atoms with Crippen molar-refractivity contribution in [2.75, 3.05) is 39.6 Å². The van der Waals surface area contributed by atoms with E-state index in [1.54, 1.807) is 0 Å². The summed E-state index contributed by atoms with van der Waals surface area (Å²) in [5.41, 5.74) is 0. The number of phosphoric acid groups is 2. The van der Waals surface area contributed by atoms with Gasteiger partial charge in [-0.25, -0.2) is 9.13 Å². The second-order valence-corrected chi connectivity index (χ2v) is 30.3. The fraction of sp³-hybridized carbons (Fsp3) is 0.944. The molecule has 5 atom stereocenters. The van der Waals surface area contributed by atoms with Crippen molar-refractivity contribution < 1.29 is 80.2 Å². The van der Waals surface area contributed by atoms with Gasteiger partial charge in [-0.1, -0.05) is 312 Å². The predicted molar refractivity (Wildman–Crippen MR) is 368 cm³/mol. The summed E-state index contributed by atoms with van der Waals surface area (Å²) in [6.07, 6.45) is 47.2. The van der Waals surface area contributed by atoms with Crippen LogP contribution in [0.15, 0.2) is 0 Å². The van der Waals surface area contributed by atoms with Crippen molar-refractivity contribution in [3.05, 3.63) is 0 Å². The molecule has 0 bridgehead atoms. The zero-order chi connectivity index (χ0) is 67.3. The molecule has 0 aliphatic carbocycles. The smallest absolute Gasteiger partial charge is 0.462 e. The molecule has 0 saturated carbocycles. The zero-order valence-corrected chi connectivity index (χ0v) is 61.1. The van der Waals surface area contributed by atoms with Crippen LogP contribution in [0.2, 0.25) is 0 Å². The Balaban J connectivity index is 5.26. The summed E-state index contributed by atoms with van der Waals surface area (Å²) in [6.45, 7) is 11.8. The Kier molecular flexibility index (Phi) is 61.5. The largest absolute Gasteiger partial charge is 0.472 e. The first-order valence-corrected chi connectivity index (χ1v) is 40.3. The lowest BCUT2D eigenvalue weighted by molar-refractivity contribution is -0.161. The molecule has 91 heavy (non-hydrogen) atoms. The Morgan fingerprint density at radius 2 is 0.505 bits per heavy atom. The number of hydrogen-bond acceptors (Lipinski definition) is 15. The van der Waals surface area contributed by atoms with Crippen LogP contribution in [0.1, 0.15) is 363 Å². The van der Waals surface area contributed by atoms with Crippen molar-refractivity contribution in [3.63, 3.8) is 0 Å². The first-order valence-electron chi connectivity index (χ1n) is 37.3. The van der Waals surface area contributed by atoms with Crippen LogP contribution < -0.4 is 0 Å². The number of aliphatic hydroxyl groups excluding tert-OH is 1. The van der Waals surface area contributed by atoms with Crippen molar-refractivity contribution in [3.8, 4) is 0 Å². The van der Waals surface area contributed by atoms with Gasteiger partial charge < -0.3 is 33.8 Å². The van der Waals surface area contributed by atoms with E-state index in [1.807, 2.05) is 0 Å². The van der Waals surface area contributed by atoms with Gasteiger partial charge in [0, 0.05) is 25.7 Å². The average Bonchev–Trinajstić information content (AvgIpc) is 2.97. The highest BCUT2D eigenvalue weighted by atomic mass is 31.2. The van der Waals surface area contributed by atoms with Crippen LogP contribution in [0, 0.1) is 17.8 Å². The lowest BCUT2D eigenvalue weighted by Crippen LogP contribution is -2.30. The number of phosphoric ester groups is 2. The first kappa shape index (κ1) is 89.1. The minimum absolute atomic E-state index is 0.105. The van der Waals surface area contributed by atoms with E-state index in [0.29, 0.717) is 31.6 Å². The van der Waals surface area contributed by atoms with Crippen LogP contribution in [-0.2, 0) is 65.4 Å². The molecule has 2 unspecified atom stereocenters. The number of ether oxygens (including phenoxy) is 4. The van der Waals surface area contributed by atoms with E-state index < -0.39 is 97.5 Å². The maximum atomic E-state index is 13.0. The van der Waals surface area contributed by atoms with Gasteiger partial charge in [0.1, 0.15) is 19.3 Å². The molecule has 0 rings (SSSR count). The number of rotatable bonds is 70. The Morgan fingerprint density at radius 1 is 0.297 bits per heavy atom. The lowest BCUT2D eigenvalue weighted by Gasteiger charge is -2.21. The molecule has 0 saturated heterocycles. The normalized spacial score (nSPS) is 14.2. The fourth-order valence-electron chi connectivity index (χ4n) is 10.9. The van der Waals surface area contributed by atoms with E-state index in [1.165, 1.54) is 167 Å². The standard InChI is InChI=1S/C72H140O17P2/c1-8-9-10-11-12-13-14-15-16-19-25-32-39-46-53-69(74)82-59-67(88-71(76)55-48-41-33-26-20-17-18-23-29-36-43-50-63(2)3)61-86-90(78,79)84-57-66(73)58-85-91(80,81)87-62-68(60-83-70(75)54-47-40-35-28-31-38-45-52-65(6)7)89-72(77)56-49-42-34-27-22-21-24-30-37-44-51-64(4)5/h63-68,73H,8-62H2,1-7H3,(H,78,79)(H,80,81)/t66-,67-,68-/m1/s1. The Labute approximate surface area is 556 Å². The predicted octanol–water partition coefficient (Wildman–Crippen LogP) is 20.6. The molecule has 0 aromatic heterocycles. The second kappa shape index (κ2) is 62.8. The fourth-order valence-corrected chi connectivity index (χ4v) is 12.5. The summed E-state index contributed by atoms with van der Waals surface area (Å²) in [6, 6.07) is 0. The van der Waals surface area contributed by atoms with Crippen LogP contribution in [0.3, 0.4) is 0 Å². The Morgan fingerprint density at radius 3 is 0.747 bits per heavy atom. The van der Waals surface area contributed by atoms with Crippen molar-refractivity contribution in [1.29, 1.82) is 0 Å². The van der Waals surface area contributed by atoms with Crippen LogP contribution in [0.5, 0.6) is 0 Å². The first-order chi connectivity index (χ1) is 43.7. The highest BCUT2D eigenvalue weighted by Gasteiger charge is 2.30. The van der Waals surface area contributed by atoms with Gasteiger partial charge in [0.15, 0.2) is 12.2 Å². The summed E-state index contributed by atoms with van der Waals surface area (Å²) in [5, 5.41) is 10.6. The third kappa shape index (κ3) is 66.5. The van der Waals surface area contributed by atoms with Crippen LogP contribution in [0.25, 0.3) is 0 Å². The number of carbonyl (C=O) groups excluding carboxylic acids is 4. The van der Waals surface area contributed by atoms with E-state index in [4.69, 9.17) is 37.0 Å². The molecule has 0 heterocycles. The average molecular weight is 1340 g/mol. The third-order valence-electron chi connectivity index (χ3n) is 16.6. The number of esters is 4. The van der Waals surface area contributed by atoms with E-state index in [2.05, 4.69) is 48.5 Å². The molecule has 17 nitrogen and oxygen atoms in total. The van der Waals surface area contributed by atoms with E-state index >= 15 is 0 Å². The van der Waals surface area contributed by atoms with Crippen LogP contribution in [-0.4, -0.2) is 96.7 Å². The van der Waals surface area contributed by atoms with Gasteiger partial charge in [-0.05, 0) is 43.4 Å². The van der Waals surface area contributed by atoms with Gasteiger partial charge in [0.2, 0.25) is 0 Å². The molecule has 0 aromatic carbocycles. The highest BCUT2D eigenvalue weighted by Crippen LogP contribution is 2.45. The van der Waals surface area contributed by atoms with E-state index in [0.717, 1.165) is 108 Å². The van der Waals surface area contributed by atoms with Gasteiger partial charge in [-0.2, -0.15) is 0 Å². The van der Waals surface area contributed by atoms with Gasteiger partial charge >= 0.3 is 39.5 Å². The summed E-state index contributed by atoms with van der Waals surface area (Å²) in [4.78, 5) is 72.6. The van der Waals surface area contributed by atoms with Gasteiger partial charge in [0.25, 0.3) is 0 Å². The Bertz CT molecular complexity index is 1780. The molecule has 0 spiro atoms. The monoisotopic (exact) mass is 1340 g/mol. The maximum Gasteiger partial charge on any atom is 0.472 e. The SMILES string of the molecule is CCCCCCCCCCCCCCCCC(=O)OC[C@H](COP(=O)(O)OC[C@@H](O)COP(=O)(O)OC[C@@H](COC(=O)CCCCCCCCCC(C)C)OC(=O)CCCCCCCCCCCCC(C)C)OC(=O)CCCCCCCCCCCCCC(C)C. The van der Waals surface area contributed by atoms with Crippen LogP contribution >= 0.6 is 15.6 Å². The molecular weight excluding hydrogens is 1200 g/mol. The third-order valence-corrected chi connectivity index (χ3v) is 18.5. The number of carbonyl (C=O) groups is 4. The zero-order valence-electron chi connectivity index (χ0n) is 59.3. The molecule has 3 N–H and O–H groups in total. The molecular formula is C72H140O17P2. The number of aliphatic hydroxyl groups is 1. The maximum absolute atomic E-state index is 13.0. The van der Waals surface area contributed by atoms with Crippen molar-refractivity contribution >= 4 is 39.5 Å².